The molecule has 0 aromatic heterocycles. The largest absolute Gasteiger partial charge is 0.492 e. The molecule has 0 aliphatic carbocycles. The Labute approximate surface area is 168 Å². The highest BCUT2D eigenvalue weighted by Gasteiger charge is 2.12. The van der Waals surface area contributed by atoms with E-state index in [0.29, 0.717) is 18.8 Å². The van der Waals surface area contributed by atoms with Gasteiger partial charge in [-0.15, -0.1) is 0 Å². The van der Waals surface area contributed by atoms with Gasteiger partial charge in [-0.25, -0.2) is 8.42 Å². The Morgan fingerprint density at radius 3 is 2.50 bits per heavy atom. The van der Waals surface area contributed by atoms with Crippen molar-refractivity contribution >= 4 is 44.0 Å². The zero-order valence-corrected chi connectivity index (χ0v) is 16.7. The van der Waals surface area contributed by atoms with Gasteiger partial charge in [0.1, 0.15) is 12.4 Å². The molecule has 0 saturated carbocycles. The molecule has 0 saturated heterocycles. The van der Waals surface area contributed by atoms with Crippen LogP contribution < -0.4 is 14.8 Å². The van der Waals surface area contributed by atoms with Crippen molar-refractivity contribution in [2.75, 3.05) is 24.1 Å². The quantitative estimate of drug-likeness (QED) is 0.573. The van der Waals surface area contributed by atoms with Gasteiger partial charge in [0.05, 0.1) is 23.4 Å². The maximum absolute atomic E-state index is 12.3. The van der Waals surface area contributed by atoms with Crippen LogP contribution in [-0.4, -0.2) is 33.7 Å². The van der Waals surface area contributed by atoms with Gasteiger partial charge in [-0.2, -0.15) is 0 Å². The minimum atomic E-state index is -3.41. The zero-order valence-electron chi connectivity index (χ0n) is 15.1. The van der Waals surface area contributed by atoms with Gasteiger partial charge < -0.3 is 10.1 Å². The van der Waals surface area contributed by atoms with Gasteiger partial charge in [-0.3, -0.25) is 9.52 Å². The molecule has 3 aromatic rings. The summed E-state index contributed by atoms with van der Waals surface area (Å²) >= 11 is 6.09. The van der Waals surface area contributed by atoms with Crippen molar-refractivity contribution in [1.29, 1.82) is 0 Å². The van der Waals surface area contributed by atoms with Crippen LogP contribution in [0.2, 0.25) is 5.02 Å². The molecule has 0 atom stereocenters. The van der Waals surface area contributed by atoms with E-state index in [0.717, 1.165) is 22.8 Å². The van der Waals surface area contributed by atoms with Crippen LogP contribution in [0.15, 0.2) is 60.7 Å². The number of halogens is 1. The first-order valence-electron chi connectivity index (χ1n) is 8.49. The Hall–Kier alpha value is -2.77. The van der Waals surface area contributed by atoms with E-state index < -0.39 is 10.0 Å². The van der Waals surface area contributed by atoms with Crippen LogP contribution in [0.3, 0.4) is 0 Å². The number of benzene rings is 3. The second kappa shape index (κ2) is 8.50. The van der Waals surface area contributed by atoms with Gasteiger partial charge in [-0.05, 0) is 41.1 Å². The lowest BCUT2D eigenvalue weighted by atomic mass is 10.1. The van der Waals surface area contributed by atoms with Crippen LogP contribution in [0.4, 0.5) is 5.69 Å². The van der Waals surface area contributed by atoms with Crippen LogP contribution in [-0.2, 0) is 10.0 Å². The Morgan fingerprint density at radius 2 is 1.79 bits per heavy atom. The van der Waals surface area contributed by atoms with Gasteiger partial charge in [0.15, 0.2) is 0 Å². The molecule has 0 spiro atoms. The summed E-state index contributed by atoms with van der Waals surface area (Å²) in [7, 11) is -3.41. The number of rotatable bonds is 7. The maximum atomic E-state index is 12.3. The molecule has 0 fully saturated rings. The molecular weight excluding hydrogens is 400 g/mol. The molecule has 0 aliphatic heterocycles. The fraction of sp³-hybridized carbons (Fsp3) is 0.150. The number of hydrogen-bond donors (Lipinski definition) is 2. The Kier molecular flexibility index (Phi) is 6.06. The molecule has 146 valence electrons. The molecule has 0 aliphatic rings. The van der Waals surface area contributed by atoms with Crippen molar-refractivity contribution in [1.82, 2.24) is 5.32 Å². The first-order chi connectivity index (χ1) is 13.3. The van der Waals surface area contributed by atoms with E-state index in [2.05, 4.69) is 10.0 Å². The summed E-state index contributed by atoms with van der Waals surface area (Å²) < 4.78 is 30.5. The Bertz CT molecular complexity index is 1120. The number of fused-ring (bicyclic) bond motifs is 1. The van der Waals surface area contributed by atoms with Gasteiger partial charge >= 0.3 is 0 Å². The van der Waals surface area contributed by atoms with Crippen LogP contribution in [0.25, 0.3) is 10.8 Å². The van der Waals surface area contributed by atoms with Gasteiger partial charge in [0.2, 0.25) is 10.0 Å². The Balaban J connectivity index is 1.53. The van der Waals surface area contributed by atoms with Crippen LogP contribution in [0.5, 0.6) is 5.75 Å². The number of anilines is 1. The molecule has 3 aromatic carbocycles. The number of hydrogen-bond acceptors (Lipinski definition) is 4. The first-order valence-corrected chi connectivity index (χ1v) is 10.8. The SMILES string of the molecule is CS(=O)(=O)Nc1ccc(C(=O)NCCOc2ccc3ccccc3c2)c(Cl)c1. The lowest BCUT2D eigenvalue weighted by Gasteiger charge is -2.10. The zero-order chi connectivity index (χ0) is 20.1. The van der Waals surface area contributed by atoms with Gasteiger partial charge in [-0.1, -0.05) is 41.9 Å². The number of sulfonamides is 1. The molecule has 1 amide bonds. The molecule has 0 radical (unpaired) electrons. The summed E-state index contributed by atoms with van der Waals surface area (Å²) in [6.45, 7) is 0.598. The maximum Gasteiger partial charge on any atom is 0.252 e. The monoisotopic (exact) mass is 418 g/mol. The summed E-state index contributed by atoms with van der Waals surface area (Å²) in [6.07, 6.45) is 1.04. The third-order valence-electron chi connectivity index (χ3n) is 3.89. The molecule has 2 N–H and O–H groups in total. The molecule has 6 nitrogen and oxygen atoms in total. The van der Waals surface area contributed by atoms with E-state index in [1.165, 1.54) is 18.2 Å². The number of carbonyl (C=O) groups excluding carboxylic acids is 1. The average molecular weight is 419 g/mol. The number of carbonyl (C=O) groups is 1. The van der Waals surface area contributed by atoms with E-state index in [-0.39, 0.29) is 16.5 Å². The van der Waals surface area contributed by atoms with Crippen molar-refractivity contribution < 1.29 is 17.9 Å². The summed E-state index contributed by atoms with van der Waals surface area (Å²) in [5.74, 6) is 0.361. The van der Waals surface area contributed by atoms with Crippen molar-refractivity contribution in [2.45, 2.75) is 0 Å². The molecule has 8 heteroatoms. The fourth-order valence-corrected chi connectivity index (χ4v) is 3.48. The third-order valence-corrected chi connectivity index (χ3v) is 4.81. The summed E-state index contributed by atoms with van der Waals surface area (Å²) in [5.41, 5.74) is 0.551. The van der Waals surface area contributed by atoms with E-state index in [1.54, 1.807) is 0 Å². The predicted octanol–water partition coefficient (Wildman–Crippen LogP) is 3.67. The highest BCUT2D eigenvalue weighted by atomic mass is 35.5. The van der Waals surface area contributed by atoms with E-state index >= 15 is 0 Å². The van der Waals surface area contributed by atoms with Crippen molar-refractivity contribution in [3.63, 3.8) is 0 Å². The lowest BCUT2D eigenvalue weighted by Crippen LogP contribution is -2.28. The second-order valence-corrected chi connectivity index (χ2v) is 8.34. The highest BCUT2D eigenvalue weighted by Crippen LogP contribution is 2.22. The van der Waals surface area contributed by atoms with E-state index in [1.807, 2.05) is 42.5 Å². The van der Waals surface area contributed by atoms with E-state index in [4.69, 9.17) is 16.3 Å². The number of nitrogens with one attached hydrogen (secondary N) is 2. The van der Waals surface area contributed by atoms with E-state index in [9.17, 15) is 13.2 Å². The number of amides is 1. The summed E-state index contributed by atoms with van der Waals surface area (Å²) in [4.78, 5) is 12.3. The van der Waals surface area contributed by atoms with Crippen molar-refractivity contribution in [3.8, 4) is 5.75 Å². The van der Waals surface area contributed by atoms with Crippen molar-refractivity contribution in [2.24, 2.45) is 0 Å². The lowest BCUT2D eigenvalue weighted by molar-refractivity contribution is 0.0947. The minimum absolute atomic E-state index is 0.154. The third kappa shape index (κ3) is 5.37. The van der Waals surface area contributed by atoms with Crippen molar-refractivity contribution in [3.05, 3.63) is 71.2 Å². The predicted molar refractivity (Wildman–Crippen MR) is 112 cm³/mol. The molecular formula is C20H19ClN2O4S. The molecule has 0 unspecified atom stereocenters. The van der Waals surface area contributed by atoms with Crippen LogP contribution >= 0.6 is 11.6 Å². The topological polar surface area (TPSA) is 84.5 Å². The molecule has 0 heterocycles. The summed E-state index contributed by atoms with van der Waals surface area (Å²) in [5, 5.41) is 5.10. The smallest absolute Gasteiger partial charge is 0.252 e. The molecule has 0 bridgehead atoms. The molecule has 28 heavy (non-hydrogen) atoms. The standard InChI is InChI=1S/C20H19ClN2O4S/c1-28(25,26)23-16-7-9-18(19(21)13-16)20(24)22-10-11-27-17-8-6-14-4-2-3-5-15(14)12-17/h2-9,12-13,23H,10-11H2,1H3,(H,22,24). The highest BCUT2D eigenvalue weighted by molar-refractivity contribution is 7.92. The number of ether oxygens (including phenoxy) is 1. The van der Waals surface area contributed by atoms with Crippen LogP contribution in [0, 0.1) is 0 Å². The molecule has 3 rings (SSSR count). The Morgan fingerprint density at radius 1 is 1.04 bits per heavy atom. The minimum Gasteiger partial charge on any atom is -0.492 e. The first kappa shape index (κ1) is 20.0. The fourth-order valence-electron chi connectivity index (χ4n) is 2.66. The normalized spacial score (nSPS) is 11.2. The van der Waals surface area contributed by atoms with Crippen LogP contribution in [0.1, 0.15) is 10.4 Å². The van der Waals surface area contributed by atoms with Gasteiger partial charge in [0, 0.05) is 5.69 Å². The average Bonchev–Trinajstić information content (AvgIpc) is 2.63. The summed E-state index contributed by atoms with van der Waals surface area (Å²) in [6, 6.07) is 18.1. The second-order valence-electron chi connectivity index (χ2n) is 6.18. The van der Waals surface area contributed by atoms with Gasteiger partial charge in [0.25, 0.3) is 5.91 Å².